The Balaban J connectivity index is 2.12. The summed E-state index contributed by atoms with van der Waals surface area (Å²) in [4.78, 5) is 23.8. The predicted molar refractivity (Wildman–Crippen MR) is 94.7 cm³/mol. The minimum Gasteiger partial charge on any atom is -0.495 e. The molecule has 6 nitrogen and oxygen atoms in total. The van der Waals surface area contributed by atoms with E-state index >= 15 is 0 Å². The number of amides is 1. The van der Waals surface area contributed by atoms with Crippen LogP contribution in [-0.4, -0.2) is 32.0 Å². The molecule has 1 N–H and O–H groups in total. The third-order valence-electron chi connectivity index (χ3n) is 3.61. The molecule has 0 aliphatic rings. The van der Waals surface area contributed by atoms with Crippen LogP contribution in [0.4, 0.5) is 5.69 Å². The van der Waals surface area contributed by atoms with Crippen molar-refractivity contribution in [3.05, 3.63) is 48.0 Å². The highest BCUT2D eigenvalue weighted by atomic mass is 16.5. The molecule has 1 atom stereocenters. The highest BCUT2D eigenvalue weighted by Crippen LogP contribution is 2.29. The number of carbonyl (C=O) groups excluding carboxylic acids is 2. The van der Waals surface area contributed by atoms with E-state index < -0.39 is 6.10 Å². The molecule has 0 fully saturated rings. The Bertz CT molecular complexity index is 772. The average Bonchev–Trinajstić information content (AvgIpc) is 2.62. The Labute approximate surface area is 146 Å². The van der Waals surface area contributed by atoms with Crippen LogP contribution >= 0.6 is 0 Å². The second-order valence-corrected chi connectivity index (χ2v) is 5.37. The zero-order valence-electron chi connectivity index (χ0n) is 14.7. The van der Waals surface area contributed by atoms with Crippen LogP contribution in [0.3, 0.4) is 0 Å². The number of benzene rings is 2. The van der Waals surface area contributed by atoms with Gasteiger partial charge in [0.1, 0.15) is 5.75 Å². The highest BCUT2D eigenvalue weighted by molar-refractivity contribution is 5.96. The van der Waals surface area contributed by atoms with Gasteiger partial charge in [0.05, 0.1) is 19.9 Å². The lowest BCUT2D eigenvalue weighted by atomic mass is 10.1. The van der Waals surface area contributed by atoms with E-state index in [2.05, 4.69) is 5.32 Å². The van der Waals surface area contributed by atoms with Gasteiger partial charge >= 0.3 is 0 Å². The first-order valence-electron chi connectivity index (χ1n) is 7.75. The smallest absolute Gasteiger partial charge is 0.265 e. The van der Waals surface area contributed by atoms with E-state index in [-0.39, 0.29) is 11.7 Å². The van der Waals surface area contributed by atoms with Crippen LogP contribution in [0, 0.1) is 0 Å². The number of ether oxygens (including phenoxy) is 3. The van der Waals surface area contributed by atoms with Gasteiger partial charge < -0.3 is 19.5 Å². The average molecular weight is 343 g/mol. The fourth-order valence-corrected chi connectivity index (χ4v) is 2.21. The molecular weight excluding hydrogens is 322 g/mol. The van der Waals surface area contributed by atoms with Gasteiger partial charge in [0.25, 0.3) is 5.91 Å². The summed E-state index contributed by atoms with van der Waals surface area (Å²) < 4.78 is 16.1. The zero-order valence-corrected chi connectivity index (χ0v) is 14.7. The summed E-state index contributed by atoms with van der Waals surface area (Å²) in [5.41, 5.74) is 1.07. The Morgan fingerprint density at radius 2 is 1.64 bits per heavy atom. The van der Waals surface area contributed by atoms with Crippen molar-refractivity contribution < 1.29 is 23.8 Å². The lowest BCUT2D eigenvalue weighted by Crippen LogP contribution is -2.30. The summed E-state index contributed by atoms with van der Waals surface area (Å²) in [5.74, 6) is 0.931. The van der Waals surface area contributed by atoms with E-state index in [0.29, 0.717) is 28.5 Å². The van der Waals surface area contributed by atoms with Gasteiger partial charge in [-0.1, -0.05) is 12.1 Å². The van der Waals surface area contributed by atoms with Crippen LogP contribution in [-0.2, 0) is 4.79 Å². The van der Waals surface area contributed by atoms with Gasteiger partial charge in [0, 0.05) is 5.56 Å². The SMILES string of the molecule is COc1ccccc1NC(=O)[C@@H](C)Oc1ccc(C(C)=O)cc1OC. The van der Waals surface area contributed by atoms with Crippen molar-refractivity contribution in [1.82, 2.24) is 0 Å². The van der Waals surface area contributed by atoms with E-state index in [1.54, 1.807) is 43.3 Å². The van der Waals surface area contributed by atoms with Gasteiger partial charge in [0.2, 0.25) is 0 Å². The Morgan fingerprint density at radius 1 is 0.960 bits per heavy atom. The molecule has 2 rings (SSSR count). The Kier molecular flexibility index (Phi) is 6.00. The molecule has 2 aromatic carbocycles. The van der Waals surface area contributed by atoms with Crippen LogP contribution in [0.15, 0.2) is 42.5 Å². The summed E-state index contributed by atoms with van der Waals surface area (Å²) in [7, 11) is 3.01. The second-order valence-electron chi connectivity index (χ2n) is 5.37. The maximum atomic E-state index is 12.4. The Morgan fingerprint density at radius 3 is 2.28 bits per heavy atom. The first-order valence-corrected chi connectivity index (χ1v) is 7.75. The number of hydrogen-bond donors (Lipinski definition) is 1. The third-order valence-corrected chi connectivity index (χ3v) is 3.61. The molecule has 0 spiro atoms. The monoisotopic (exact) mass is 343 g/mol. The number of carbonyl (C=O) groups is 2. The first-order chi connectivity index (χ1) is 12.0. The number of para-hydroxylation sites is 2. The molecule has 0 unspecified atom stereocenters. The minimum absolute atomic E-state index is 0.0770. The second kappa shape index (κ2) is 8.19. The number of Topliss-reactive ketones (excluding diaryl/α,β-unsaturated/α-hetero) is 1. The van der Waals surface area contributed by atoms with Crippen molar-refractivity contribution in [2.75, 3.05) is 19.5 Å². The normalized spacial score (nSPS) is 11.4. The van der Waals surface area contributed by atoms with Crippen molar-refractivity contribution in [2.24, 2.45) is 0 Å². The lowest BCUT2D eigenvalue weighted by Gasteiger charge is -2.18. The number of ketones is 1. The summed E-state index contributed by atoms with van der Waals surface area (Å²) in [6.07, 6.45) is -0.776. The molecule has 25 heavy (non-hydrogen) atoms. The van der Waals surface area contributed by atoms with Crippen LogP contribution in [0.1, 0.15) is 24.2 Å². The number of anilines is 1. The topological polar surface area (TPSA) is 73.9 Å². The summed E-state index contributed by atoms with van der Waals surface area (Å²) in [5, 5.41) is 2.76. The van der Waals surface area contributed by atoms with E-state index in [0.717, 1.165) is 0 Å². The van der Waals surface area contributed by atoms with Crippen LogP contribution in [0.5, 0.6) is 17.2 Å². The van der Waals surface area contributed by atoms with Crippen LogP contribution in [0.25, 0.3) is 0 Å². The van der Waals surface area contributed by atoms with E-state index in [1.807, 2.05) is 6.07 Å². The molecule has 1 amide bonds. The van der Waals surface area contributed by atoms with Crippen LogP contribution < -0.4 is 19.5 Å². The summed E-state index contributed by atoms with van der Waals surface area (Å²) in [6, 6.07) is 11.9. The molecule has 6 heteroatoms. The molecule has 132 valence electrons. The van der Waals surface area contributed by atoms with Crippen molar-refractivity contribution in [3.8, 4) is 17.2 Å². The van der Waals surface area contributed by atoms with E-state index in [4.69, 9.17) is 14.2 Å². The van der Waals surface area contributed by atoms with Gasteiger partial charge in [-0.15, -0.1) is 0 Å². The maximum absolute atomic E-state index is 12.4. The van der Waals surface area contributed by atoms with Gasteiger partial charge in [0.15, 0.2) is 23.4 Å². The minimum atomic E-state index is -0.776. The molecule has 0 saturated carbocycles. The quantitative estimate of drug-likeness (QED) is 0.781. The molecule has 0 aromatic heterocycles. The van der Waals surface area contributed by atoms with Gasteiger partial charge in [-0.05, 0) is 44.2 Å². The lowest BCUT2D eigenvalue weighted by molar-refractivity contribution is -0.122. The van der Waals surface area contributed by atoms with Crippen molar-refractivity contribution in [2.45, 2.75) is 20.0 Å². The first kappa shape index (κ1) is 18.3. The number of rotatable bonds is 7. The fourth-order valence-electron chi connectivity index (χ4n) is 2.21. The predicted octanol–water partition coefficient (Wildman–Crippen LogP) is 3.31. The molecule has 0 bridgehead atoms. The van der Waals surface area contributed by atoms with E-state index in [1.165, 1.54) is 21.1 Å². The van der Waals surface area contributed by atoms with Gasteiger partial charge in [-0.25, -0.2) is 0 Å². The standard InChI is InChI=1S/C19H21NO5/c1-12(21)14-9-10-17(18(11-14)24-4)25-13(2)19(22)20-15-7-5-6-8-16(15)23-3/h5-11,13H,1-4H3,(H,20,22)/t13-/m1/s1. The number of methoxy groups -OCH3 is 2. The molecular formula is C19H21NO5. The molecule has 0 saturated heterocycles. The number of hydrogen-bond acceptors (Lipinski definition) is 5. The van der Waals surface area contributed by atoms with Crippen molar-refractivity contribution >= 4 is 17.4 Å². The van der Waals surface area contributed by atoms with Crippen molar-refractivity contribution in [3.63, 3.8) is 0 Å². The third kappa shape index (κ3) is 4.50. The van der Waals surface area contributed by atoms with Gasteiger partial charge in [-0.3, -0.25) is 9.59 Å². The number of nitrogens with one attached hydrogen (secondary N) is 1. The van der Waals surface area contributed by atoms with Crippen LogP contribution in [0.2, 0.25) is 0 Å². The summed E-state index contributed by atoms with van der Waals surface area (Å²) in [6.45, 7) is 3.10. The van der Waals surface area contributed by atoms with E-state index in [9.17, 15) is 9.59 Å². The highest BCUT2D eigenvalue weighted by Gasteiger charge is 2.19. The molecule has 2 aromatic rings. The Hall–Kier alpha value is -3.02. The zero-order chi connectivity index (χ0) is 18.4. The van der Waals surface area contributed by atoms with Crippen molar-refractivity contribution in [1.29, 1.82) is 0 Å². The largest absolute Gasteiger partial charge is 0.495 e. The molecule has 0 aliphatic heterocycles. The fraction of sp³-hybridized carbons (Fsp3) is 0.263. The summed E-state index contributed by atoms with van der Waals surface area (Å²) >= 11 is 0. The maximum Gasteiger partial charge on any atom is 0.265 e. The molecule has 0 heterocycles. The molecule has 0 radical (unpaired) electrons. The van der Waals surface area contributed by atoms with Gasteiger partial charge in [-0.2, -0.15) is 0 Å². The molecule has 0 aliphatic carbocycles.